The maximum atomic E-state index is 11.6. The van der Waals surface area contributed by atoms with Gasteiger partial charge in [-0.25, -0.2) is 4.79 Å². The Morgan fingerprint density at radius 3 is 2.63 bits per heavy atom. The summed E-state index contributed by atoms with van der Waals surface area (Å²) in [6.45, 7) is 5.46. The van der Waals surface area contributed by atoms with Gasteiger partial charge >= 0.3 is 12.0 Å². The van der Waals surface area contributed by atoms with Gasteiger partial charge in [0.25, 0.3) is 0 Å². The highest BCUT2D eigenvalue weighted by molar-refractivity contribution is 7.99. The first-order valence-corrected chi connectivity index (χ1v) is 7.83. The number of carbonyl (C=O) groups excluding carboxylic acids is 1. The monoisotopic (exact) mass is 289 g/mol. The number of carboxylic acids is 1. The molecule has 3 N–H and O–H groups in total. The van der Waals surface area contributed by atoms with E-state index in [9.17, 15) is 9.59 Å². The minimum atomic E-state index is -0.891. The van der Waals surface area contributed by atoms with Crippen LogP contribution in [0, 0.1) is 0 Å². The molecule has 0 aliphatic carbocycles. The second-order valence-corrected chi connectivity index (χ2v) is 5.78. The molecule has 1 atom stereocenters. The Hall–Kier alpha value is -0.950. The summed E-state index contributed by atoms with van der Waals surface area (Å²) in [5, 5.41) is 14.2. The summed E-state index contributed by atoms with van der Waals surface area (Å²) in [6.07, 6.45) is 0.580. The van der Waals surface area contributed by atoms with Crippen molar-refractivity contribution in [2.75, 3.05) is 37.7 Å². The fraction of sp³-hybridized carbons (Fsp3) is 0.833. The van der Waals surface area contributed by atoms with Crippen molar-refractivity contribution in [1.82, 2.24) is 15.5 Å². The molecule has 1 saturated heterocycles. The molecular weight excluding hydrogens is 266 g/mol. The third-order valence-electron chi connectivity index (χ3n) is 3.07. The van der Waals surface area contributed by atoms with E-state index in [-0.39, 0.29) is 18.5 Å². The van der Waals surface area contributed by atoms with Crippen LogP contribution in [0.5, 0.6) is 0 Å². The zero-order valence-electron chi connectivity index (χ0n) is 11.4. The third-order valence-corrected chi connectivity index (χ3v) is 4.01. The standard InChI is InChI=1S/C12H23N3O3S/c1-2-10(9-11(16)17)14-12(18)13-3-4-15-5-7-19-8-6-15/h10H,2-9H2,1H3,(H,16,17)(H2,13,14,18). The number of thioether (sulfide) groups is 1. The van der Waals surface area contributed by atoms with Crippen molar-refractivity contribution < 1.29 is 14.7 Å². The van der Waals surface area contributed by atoms with E-state index < -0.39 is 5.97 Å². The first kappa shape index (κ1) is 16.1. The topological polar surface area (TPSA) is 81.7 Å². The quantitative estimate of drug-likeness (QED) is 0.639. The van der Waals surface area contributed by atoms with E-state index in [1.54, 1.807) is 0 Å². The van der Waals surface area contributed by atoms with E-state index in [0.29, 0.717) is 13.0 Å². The summed E-state index contributed by atoms with van der Waals surface area (Å²) < 4.78 is 0. The van der Waals surface area contributed by atoms with Crippen LogP contribution < -0.4 is 10.6 Å². The van der Waals surface area contributed by atoms with Gasteiger partial charge in [-0.2, -0.15) is 11.8 Å². The smallest absolute Gasteiger partial charge is 0.315 e. The molecule has 1 aliphatic heterocycles. The fourth-order valence-corrected chi connectivity index (χ4v) is 2.88. The van der Waals surface area contributed by atoms with Crippen molar-refractivity contribution in [3.63, 3.8) is 0 Å². The fourth-order valence-electron chi connectivity index (χ4n) is 1.90. The highest BCUT2D eigenvalue weighted by Gasteiger charge is 2.14. The average molecular weight is 289 g/mol. The van der Waals surface area contributed by atoms with Gasteiger partial charge in [0.05, 0.1) is 6.42 Å². The van der Waals surface area contributed by atoms with Crippen molar-refractivity contribution in [3.05, 3.63) is 0 Å². The summed E-state index contributed by atoms with van der Waals surface area (Å²) in [7, 11) is 0. The third kappa shape index (κ3) is 7.27. The van der Waals surface area contributed by atoms with E-state index in [2.05, 4.69) is 15.5 Å². The van der Waals surface area contributed by atoms with Crippen LogP contribution in [-0.2, 0) is 4.79 Å². The Morgan fingerprint density at radius 1 is 1.37 bits per heavy atom. The molecule has 0 saturated carbocycles. The minimum Gasteiger partial charge on any atom is -0.481 e. The van der Waals surface area contributed by atoms with Gasteiger partial charge in [-0.3, -0.25) is 9.69 Å². The number of urea groups is 1. The summed E-state index contributed by atoms with van der Waals surface area (Å²) in [5.74, 6) is 1.42. The number of aliphatic carboxylic acids is 1. The van der Waals surface area contributed by atoms with Gasteiger partial charge in [0, 0.05) is 43.7 Å². The first-order valence-electron chi connectivity index (χ1n) is 6.68. The van der Waals surface area contributed by atoms with E-state index >= 15 is 0 Å². The Labute approximate surface area is 118 Å². The van der Waals surface area contributed by atoms with Crippen LogP contribution >= 0.6 is 11.8 Å². The molecule has 7 heteroatoms. The minimum absolute atomic E-state index is 0.0345. The molecule has 0 aromatic carbocycles. The lowest BCUT2D eigenvalue weighted by molar-refractivity contribution is -0.137. The number of carboxylic acid groups (broad SMARTS) is 1. The zero-order valence-corrected chi connectivity index (χ0v) is 12.2. The molecule has 0 bridgehead atoms. The van der Waals surface area contributed by atoms with Crippen LogP contribution in [0.1, 0.15) is 19.8 Å². The van der Waals surface area contributed by atoms with Crippen molar-refractivity contribution >= 4 is 23.8 Å². The largest absolute Gasteiger partial charge is 0.481 e. The van der Waals surface area contributed by atoms with E-state index in [1.807, 2.05) is 18.7 Å². The molecule has 1 fully saturated rings. The molecular formula is C12H23N3O3S. The van der Waals surface area contributed by atoms with Crippen LogP contribution in [0.25, 0.3) is 0 Å². The second-order valence-electron chi connectivity index (χ2n) is 4.56. The highest BCUT2D eigenvalue weighted by atomic mass is 32.2. The van der Waals surface area contributed by atoms with Gasteiger partial charge < -0.3 is 15.7 Å². The SMILES string of the molecule is CCC(CC(=O)O)NC(=O)NCCN1CCSCC1. The average Bonchev–Trinajstić information content (AvgIpc) is 2.38. The van der Waals surface area contributed by atoms with E-state index in [0.717, 1.165) is 31.1 Å². The van der Waals surface area contributed by atoms with Gasteiger partial charge in [-0.05, 0) is 6.42 Å². The predicted molar refractivity (Wildman–Crippen MR) is 76.6 cm³/mol. The highest BCUT2D eigenvalue weighted by Crippen LogP contribution is 2.07. The molecule has 0 radical (unpaired) electrons. The summed E-state index contributed by atoms with van der Waals surface area (Å²) >= 11 is 1.96. The molecule has 19 heavy (non-hydrogen) atoms. The number of carbonyl (C=O) groups is 2. The number of nitrogens with zero attached hydrogens (tertiary/aromatic N) is 1. The molecule has 1 unspecified atom stereocenters. The van der Waals surface area contributed by atoms with Crippen LogP contribution in [0.3, 0.4) is 0 Å². The Balaban J connectivity index is 2.13. The lowest BCUT2D eigenvalue weighted by atomic mass is 10.1. The maximum absolute atomic E-state index is 11.6. The zero-order chi connectivity index (χ0) is 14.1. The maximum Gasteiger partial charge on any atom is 0.315 e. The summed E-state index contributed by atoms with van der Waals surface area (Å²) in [4.78, 5) is 24.5. The Bertz CT molecular complexity index is 296. The lowest BCUT2D eigenvalue weighted by Crippen LogP contribution is -2.46. The van der Waals surface area contributed by atoms with Crippen molar-refractivity contribution in [2.45, 2.75) is 25.8 Å². The summed E-state index contributed by atoms with van der Waals surface area (Å²) in [6, 6.07) is -0.580. The molecule has 1 aliphatic rings. The number of rotatable bonds is 7. The molecule has 0 aromatic heterocycles. The van der Waals surface area contributed by atoms with Crippen molar-refractivity contribution in [3.8, 4) is 0 Å². The van der Waals surface area contributed by atoms with Gasteiger partial charge in [-0.1, -0.05) is 6.92 Å². The van der Waals surface area contributed by atoms with Gasteiger partial charge in [0.2, 0.25) is 0 Å². The Kier molecular flexibility index (Phi) is 7.66. The molecule has 6 nitrogen and oxygen atoms in total. The number of nitrogens with one attached hydrogen (secondary N) is 2. The van der Waals surface area contributed by atoms with Crippen LogP contribution in [0.4, 0.5) is 4.79 Å². The van der Waals surface area contributed by atoms with Crippen LogP contribution in [-0.4, -0.2) is 65.7 Å². The molecule has 2 amide bonds. The lowest BCUT2D eigenvalue weighted by Gasteiger charge is -2.26. The number of amides is 2. The van der Waals surface area contributed by atoms with Crippen LogP contribution in [0.15, 0.2) is 0 Å². The van der Waals surface area contributed by atoms with E-state index in [1.165, 1.54) is 0 Å². The molecule has 0 spiro atoms. The van der Waals surface area contributed by atoms with Crippen molar-refractivity contribution in [2.24, 2.45) is 0 Å². The Morgan fingerprint density at radius 2 is 2.05 bits per heavy atom. The second kappa shape index (κ2) is 9.03. The van der Waals surface area contributed by atoms with Gasteiger partial charge in [-0.15, -0.1) is 0 Å². The van der Waals surface area contributed by atoms with Crippen LogP contribution in [0.2, 0.25) is 0 Å². The molecule has 0 aromatic rings. The summed E-state index contributed by atoms with van der Waals surface area (Å²) in [5.41, 5.74) is 0. The number of hydrogen-bond donors (Lipinski definition) is 3. The van der Waals surface area contributed by atoms with Gasteiger partial charge in [0.1, 0.15) is 0 Å². The normalized spacial score (nSPS) is 17.7. The first-order chi connectivity index (χ1) is 9.11. The molecule has 1 heterocycles. The van der Waals surface area contributed by atoms with Gasteiger partial charge in [0.15, 0.2) is 0 Å². The number of hydrogen-bond acceptors (Lipinski definition) is 4. The van der Waals surface area contributed by atoms with Crippen molar-refractivity contribution in [1.29, 1.82) is 0 Å². The molecule has 110 valence electrons. The molecule has 1 rings (SSSR count). The predicted octanol–water partition coefficient (Wildman–Crippen LogP) is 0.588. The van der Waals surface area contributed by atoms with E-state index in [4.69, 9.17) is 5.11 Å².